The molecule has 1 amide bonds. The number of fused-ring (bicyclic) bond motifs is 3. The van der Waals surface area contributed by atoms with Gasteiger partial charge in [0.25, 0.3) is 5.91 Å². The van der Waals surface area contributed by atoms with E-state index in [1.165, 1.54) is 4.90 Å². The molecule has 0 saturated heterocycles. The number of aromatic nitrogens is 3. The largest absolute Gasteiger partial charge is 0.320 e. The number of para-hydroxylation sites is 1. The van der Waals surface area contributed by atoms with E-state index >= 15 is 0 Å². The smallest absolute Gasteiger partial charge is 0.276 e. The summed E-state index contributed by atoms with van der Waals surface area (Å²) in [5, 5.41) is 2.92. The summed E-state index contributed by atoms with van der Waals surface area (Å²) in [6, 6.07) is 11.8. The third kappa shape index (κ3) is 2.49. The number of hydrogen-bond acceptors (Lipinski definition) is 4. The van der Waals surface area contributed by atoms with Crippen LogP contribution in [0.2, 0.25) is 0 Å². The minimum atomic E-state index is -0.183. The van der Waals surface area contributed by atoms with Crippen LogP contribution in [0.15, 0.2) is 47.5 Å². The second kappa shape index (κ2) is 5.79. The Labute approximate surface area is 144 Å². The number of rotatable bonds is 2. The highest BCUT2D eigenvalue weighted by molar-refractivity contribution is 7.98. The van der Waals surface area contributed by atoms with Crippen LogP contribution in [-0.4, -0.2) is 20.4 Å². The van der Waals surface area contributed by atoms with Gasteiger partial charge >= 0.3 is 0 Å². The first kappa shape index (κ1) is 15.0. The number of thioether (sulfide) groups is 1. The molecule has 0 aliphatic carbocycles. The SMILES string of the molecule is Cc1cc(NC(=O)c2nc(C)n3c2CSc2ccccc2-3)ccn1. The monoisotopic (exact) mass is 336 g/mol. The van der Waals surface area contributed by atoms with E-state index in [0.717, 1.165) is 34.3 Å². The Hall–Kier alpha value is -2.60. The van der Waals surface area contributed by atoms with Gasteiger partial charge in [-0.05, 0) is 38.1 Å². The van der Waals surface area contributed by atoms with Crippen molar-refractivity contribution in [3.8, 4) is 5.69 Å². The number of anilines is 1. The third-order valence-corrected chi connectivity index (χ3v) is 5.05. The van der Waals surface area contributed by atoms with Gasteiger partial charge in [-0.1, -0.05) is 12.1 Å². The Morgan fingerprint density at radius 2 is 2.08 bits per heavy atom. The summed E-state index contributed by atoms with van der Waals surface area (Å²) in [4.78, 5) is 22.6. The van der Waals surface area contributed by atoms with Gasteiger partial charge in [0.2, 0.25) is 0 Å². The van der Waals surface area contributed by atoms with Crippen molar-refractivity contribution in [2.75, 3.05) is 5.32 Å². The number of carbonyl (C=O) groups excluding carboxylic acids is 1. The molecule has 1 aromatic carbocycles. The Bertz CT molecular complexity index is 948. The summed E-state index contributed by atoms with van der Waals surface area (Å²) in [7, 11) is 0. The van der Waals surface area contributed by atoms with Crippen LogP contribution in [0.5, 0.6) is 0 Å². The van der Waals surface area contributed by atoms with E-state index in [4.69, 9.17) is 0 Å². The maximum Gasteiger partial charge on any atom is 0.276 e. The van der Waals surface area contributed by atoms with E-state index in [-0.39, 0.29) is 5.91 Å². The summed E-state index contributed by atoms with van der Waals surface area (Å²) in [5.74, 6) is 1.38. The van der Waals surface area contributed by atoms with Gasteiger partial charge < -0.3 is 5.32 Å². The van der Waals surface area contributed by atoms with E-state index in [2.05, 4.69) is 32.0 Å². The van der Waals surface area contributed by atoms with E-state index < -0.39 is 0 Å². The zero-order chi connectivity index (χ0) is 16.7. The van der Waals surface area contributed by atoms with Gasteiger partial charge in [-0.2, -0.15) is 0 Å². The molecule has 0 radical (unpaired) electrons. The second-order valence-electron chi connectivity index (χ2n) is 5.69. The minimum Gasteiger partial charge on any atom is -0.320 e. The molecule has 6 heteroatoms. The molecule has 0 unspecified atom stereocenters. The average molecular weight is 336 g/mol. The van der Waals surface area contributed by atoms with E-state index in [1.54, 1.807) is 24.0 Å². The summed E-state index contributed by atoms with van der Waals surface area (Å²) in [6.45, 7) is 3.83. The summed E-state index contributed by atoms with van der Waals surface area (Å²) in [6.07, 6.45) is 1.69. The number of pyridine rings is 1. The van der Waals surface area contributed by atoms with Crippen LogP contribution in [-0.2, 0) is 5.75 Å². The topological polar surface area (TPSA) is 59.8 Å². The first-order valence-corrected chi connectivity index (χ1v) is 8.66. The lowest BCUT2D eigenvalue weighted by atomic mass is 10.2. The molecule has 0 atom stereocenters. The Kier molecular flexibility index (Phi) is 3.61. The molecule has 5 nitrogen and oxygen atoms in total. The van der Waals surface area contributed by atoms with Crippen LogP contribution in [0.4, 0.5) is 5.69 Å². The highest BCUT2D eigenvalue weighted by Gasteiger charge is 2.26. The number of nitrogens with zero attached hydrogens (tertiary/aromatic N) is 3. The molecule has 1 aliphatic rings. The number of imidazole rings is 1. The van der Waals surface area contributed by atoms with Crippen LogP contribution in [0.1, 0.15) is 27.7 Å². The maximum atomic E-state index is 12.7. The lowest BCUT2D eigenvalue weighted by molar-refractivity contribution is 0.102. The first-order chi connectivity index (χ1) is 11.6. The zero-order valence-corrected chi connectivity index (χ0v) is 14.2. The van der Waals surface area contributed by atoms with Crippen LogP contribution >= 0.6 is 11.8 Å². The second-order valence-corrected chi connectivity index (χ2v) is 6.70. The number of carbonyl (C=O) groups is 1. The summed E-state index contributed by atoms with van der Waals surface area (Å²) < 4.78 is 2.08. The molecule has 0 saturated carbocycles. The molecule has 1 N–H and O–H groups in total. The van der Waals surface area contributed by atoms with Crippen molar-refractivity contribution in [2.45, 2.75) is 24.5 Å². The van der Waals surface area contributed by atoms with E-state index in [1.807, 2.05) is 32.0 Å². The third-order valence-electron chi connectivity index (χ3n) is 3.98. The Balaban J connectivity index is 1.72. The number of amides is 1. The Morgan fingerprint density at radius 1 is 1.25 bits per heavy atom. The molecular formula is C18H16N4OS. The van der Waals surface area contributed by atoms with Crippen LogP contribution in [0, 0.1) is 13.8 Å². The number of hydrogen-bond donors (Lipinski definition) is 1. The molecule has 2 aromatic heterocycles. The van der Waals surface area contributed by atoms with Gasteiger partial charge in [-0.15, -0.1) is 11.8 Å². The lowest BCUT2D eigenvalue weighted by Gasteiger charge is -2.19. The van der Waals surface area contributed by atoms with Crippen LogP contribution in [0.3, 0.4) is 0 Å². The van der Waals surface area contributed by atoms with Crippen molar-refractivity contribution < 1.29 is 4.79 Å². The van der Waals surface area contributed by atoms with Crippen LogP contribution < -0.4 is 5.32 Å². The number of nitrogens with one attached hydrogen (secondary N) is 1. The van der Waals surface area contributed by atoms with Crippen LogP contribution in [0.25, 0.3) is 5.69 Å². The van der Waals surface area contributed by atoms with Crippen molar-refractivity contribution in [3.05, 3.63) is 65.5 Å². The summed E-state index contributed by atoms with van der Waals surface area (Å²) >= 11 is 1.73. The van der Waals surface area contributed by atoms with Gasteiger partial charge in [-0.25, -0.2) is 4.98 Å². The van der Waals surface area contributed by atoms with Crippen molar-refractivity contribution in [3.63, 3.8) is 0 Å². The molecule has 24 heavy (non-hydrogen) atoms. The normalized spacial score (nSPS) is 12.4. The molecule has 1 aliphatic heterocycles. The predicted molar refractivity (Wildman–Crippen MR) is 94.8 cm³/mol. The zero-order valence-electron chi connectivity index (χ0n) is 13.4. The molecule has 4 rings (SSSR count). The molecular weight excluding hydrogens is 320 g/mol. The molecule has 3 heterocycles. The summed E-state index contributed by atoms with van der Waals surface area (Å²) in [5.41, 5.74) is 4.12. The van der Waals surface area contributed by atoms with Gasteiger partial charge in [0.05, 0.1) is 11.4 Å². The van der Waals surface area contributed by atoms with E-state index in [9.17, 15) is 4.79 Å². The van der Waals surface area contributed by atoms with Gasteiger partial charge in [0.1, 0.15) is 5.82 Å². The molecule has 3 aromatic rings. The standard InChI is InChI=1S/C18H16N4OS/c1-11-9-13(7-8-19-11)21-18(23)17-15-10-24-16-6-4-3-5-14(16)22(15)12(2)20-17/h3-9H,10H2,1-2H3,(H,19,21,23). The van der Waals surface area contributed by atoms with Crippen molar-refractivity contribution in [2.24, 2.45) is 0 Å². The maximum absolute atomic E-state index is 12.7. The predicted octanol–water partition coefficient (Wildman–Crippen LogP) is 3.74. The highest BCUT2D eigenvalue weighted by Crippen LogP contribution is 2.37. The first-order valence-electron chi connectivity index (χ1n) is 7.68. The van der Waals surface area contributed by atoms with E-state index in [0.29, 0.717) is 5.69 Å². The van der Waals surface area contributed by atoms with Crippen molar-refractivity contribution in [1.29, 1.82) is 0 Å². The lowest BCUT2D eigenvalue weighted by Crippen LogP contribution is -2.16. The average Bonchev–Trinajstić information content (AvgIpc) is 2.92. The minimum absolute atomic E-state index is 0.183. The van der Waals surface area contributed by atoms with Crippen molar-refractivity contribution >= 4 is 23.4 Å². The fraction of sp³-hybridized carbons (Fsp3) is 0.167. The van der Waals surface area contributed by atoms with Gasteiger partial charge in [-0.3, -0.25) is 14.3 Å². The number of aryl methyl sites for hydroxylation is 2. The quantitative estimate of drug-likeness (QED) is 0.774. The molecule has 0 bridgehead atoms. The molecule has 120 valence electrons. The van der Waals surface area contributed by atoms with Gasteiger partial charge in [0, 0.05) is 28.2 Å². The van der Waals surface area contributed by atoms with Crippen molar-refractivity contribution in [1.82, 2.24) is 14.5 Å². The molecule has 0 spiro atoms. The molecule has 0 fully saturated rings. The highest BCUT2D eigenvalue weighted by atomic mass is 32.2. The number of benzene rings is 1. The van der Waals surface area contributed by atoms with Gasteiger partial charge in [0.15, 0.2) is 5.69 Å². The fourth-order valence-corrected chi connectivity index (χ4v) is 3.98. The Morgan fingerprint density at radius 3 is 2.92 bits per heavy atom. The fourth-order valence-electron chi connectivity index (χ4n) is 2.94.